The van der Waals surface area contributed by atoms with Crippen LogP contribution in [0.2, 0.25) is 0 Å². The van der Waals surface area contributed by atoms with Crippen molar-refractivity contribution in [3.63, 3.8) is 0 Å². The molecule has 1 saturated heterocycles. The number of methoxy groups -OCH3 is 1. The van der Waals surface area contributed by atoms with E-state index in [-0.39, 0.29) is 6.61 Å². The lowest BCUT2D eigenvalue weighted by molar-refractivity contribution is -0.00274. The lowest BCUT2D eigenvalue weighted by Gasteiger charge is -2.28. The summed E-state index contributed by atoms with van der Waals surface area (Å²) in [4.78, 5) is 24.6. The number of esters is 1. The zero-order chi connectivity index (χ0) is 19.5. The van der Waals surface area contributed by atoms with E-state index in [1.54, 1.807) is 20.8 Å². The molecule has 26 heavy (non-hydrogen) atoms. The van der Waals surface area contributed by atoms with Gasteiger partial charge in [-0.25, -0.2) is 18.4 Å². The molecule has 8 heteroatoms. The highest BCUT2D eigenvalue weighted by Gasteiger charge is 2.48. The van der Waals surface area contributed by atoms with Crippen LogP contribution in [0.25, 0.3) is 0 Å². The van der Waals surface area contributed by atoms with Gasteiger partial charge in [-0.3, -0.25) is 4.90 Å². The quantitative estimate of drug-likeness (QED) is 0.758. The van der Waals surface area contributed by atoms with Crippen molar-refractivity contribution in [1.29, 1.82) is 0 Å². The molecule has 1 amide bonds. The van der Waals surface area contributed by atoms with Crippen molar-refractivity contribution in [3.8, 4) is 5.75 Å². The minimum absolute atomic E-state index is 0.105. The van der Waals surface area contributed by atoms with Gasteiger partial charge in [0.15, 0.2) is 0 Å². The van der Waals surface area contributed by atoms with Crippen molar-refractivity contribution >= 4 is 12.1 Å². The second kappa shape index (κ2) is 7.47. The van der Waals surface area contributed by atoms with Gasteiger partial charge in [0, 0.05) is 6.42 Å². The van der Waals surface area contributed by atoms with E-state index in [9.17, 15) is 18.4 Å². The first-order valence-corrected chi connectivity index (χ1v) is 8.19. The molecule has 1 aliphatic rings. The molecule has 1 aromatic rings. The highest BCUT2D eigenvalue weighted by atomic mass is 19.3. The first-order valence-electron chi connectivity index (χ1n) is 8.19. The van der Waals surface area contributed by atoms with Crippen molar-refractivity contribution in [2.24, 2.45) is 0 Å². The molecule has 0 saturated carbocycles. The van der Waals surface area contributed by atoms with E-state index in [1.807, 2.05) is 0 Å². The van der Waals surface area contributed by atoms with Crippen molar-refractivity contribution < 1.29 is 32.6 Å². The topological polar surface area (TPSA) is 65.1 Å². The maximum absolute atomic E-state index is 13.8. The molecule has 1 fully saturated rings. The Morgan fingerprint density at radius 1 is 1.23 bits per heavy atom. The summed E-state index contributed by atoms with van der Waals surface area (Å²) in [6.07, 6.45) is -1.28. The number of likely N-dealkylation sites (tertiary alicyclic amines) is 1. The number of nitrogens with zero attached hydrogens (tertiary/aromatic N) is 1. The number of carbonyl (C=O) groups is 2. The average Bonchev–Trinajstić information content (AvgIpc) is 2.86. The van der Waals surface area contributed by atoms with Gasteiger partial charge in [0.2, 0.25) is 0 Å². The highest BCUT2D eigenvalue weighted by Crippen LogP contribution is 2.33. The minimum Gasteiger partial charge on any atom is -0.491 e. The molecule has 0 N–H and O–H groups in total. The van der Waals surface area contributed by atoms with Gasteiger partial charge in [-0.15, -0.1) is 0 Å². The maximum Gasteiger partial charge on any atom is 0.410 e. The summed E-state index contributed by atoms with van der Waals surface area (Å²) in [6, 6.07) is 5.29. The van der Waals surface area contributed by atoms with Gasteiger partial charge in [-0.1, -0.05) is 0 Å². The van der Waals surface area contributed by atoms with Crippen LogP contribution in [0.4, 0.5) is 13.6 Å². The minimum atomic E-state index is -2.99. The number of alkyl halides is 2. The molecule has 1 aromatic carbocycles. The fourth-order valence-electron chi connectivity index (χ4n) is 2.58. The van der Waals surface area contributed by atoms with E-state index < -0.39 is 42.6 Å². The maximum atomic E-state index is 13.8. The second-order valence-electron chi connectivity index (χ2n) is 7.15. The molecule has 0 bridgehead atoms. The van der Waals surface area contributed by atoms with E-state index >= 15 is 0 Å². The molecule has 1 unspecified atom stereocenters. The zero-order valence-corrected chi connectivity index (χ0v) is 15.3. The number of rotatable bonds is 4. The molecule has 1 atom stereocenters. The van der Waals surface area contributed by atoms with Crippen LogP contribution in [-0.2, 0) is 9.47 Å². The number of amides is 1. The predicted molar refractivity (Wildman–Crippen MR) is 89.6 cm³/mol. The lowest BCUT2D eigenvalue weighted by atomic mass is 10.2. The number of hydrogen-bond acceptors (Lipinski definition) is 5. The molecular formula is C18H23F2NO5. The van der Waals surface area contributed by atoms with Crippen LogP contribution < -0.4 is 4.74 Å². The third-order valence-corrected chi connectivity index (χ3v) is 3.72. The van der Waals surface area contributed by atoms with Crippen molar-refractivity contribution in [2.75, 3.05) is 20.3 Å². The fourth-order valence-corrected chi connectivity index (χ4v) is 2.58. The zero-order valence-electron chi connectivity index (χ0n) is 15.3. The number of benzene rings is 1. The summed E-state index contributed by atoms with van der Waals surface area (Å²) in [7, 11) is 1.28. The molecular weight excluding hydrogens is 348 g/mol. The third-order valence-electron chi connectivity index (χ3n) is 3.72. The van der Waals surface area contributed by atoms with Crippen LogP contribution in [-0.4, -0.2) is 54.8 Å². The van der Waals surface area contributed by atoms with Gasteiger partial charge in [0.1, 0.15) is 18.0 Å². The summed E-state index contributed by atoms with van der Waals surface area (Å²) in [6.45, 7) is 4.22. The van der Waals surface area contributed by atoms with E-state index in [0.717, 1.165) is 4.90 Å². The molecule has 144 valence electrons. The number of ether oxygens (including phenoxy) is 3. The summed E-state index contributed by atoms with van der Waals surface area (Å²) in [5.41, 5.74) is -0.424. The molecule has 0 radical (unpaired) electrons. The van der Waals surface area contributed by atoms with Crippen LogP contribution in [0.5, 0.6) is 5.75 Å². The monoisotopic (exact) mass is 371 g/mol. The molecule has 1 aliphatic heterocycles. The average molecular weight is 371 g/mol. The molecule has 1 heterocycles. The Labute approximate surface area is 151 Å². The van der Waals surface area contributed by atoms with E-state index in [0.29, 0.717) is 11.3 Å². The molecule has 6 nitrogen and oxygen atoms in total. The second-order valence-corrected chi connectivity index (χ2v) is 7.15. The van der Waals surface area contributed by atoms with Gasteiger partial charge < -0.3 is 14.2 Å². The van der Waals surface area contributed by atoms with E-state index in [1.165, 1.54) is 31.4 Å². The Hall–Kier alpha value is -2.38. The standard InChI is InChI=1S/C18H23F2NO5/c1-17(2,3)26-16(23)21-11-18(19,20)9-13(21)10-25-14-7-5-12(6-8-14)15(22)24-4/h5-8,13H,9-11H2,1-4H3. The molecule has 0 aliphatic carbocycles. The Balaban J connectivity index is 2.01. The van der Waals surface area contributed by atoms with Gasteiger partial charge >= 0.3 is 12.1 Å². The highest BCUT2D eigenvalue weighted by molar-refractivity contribution is 5.89. The SMILES string of the molecule is COC(=O)c1ccc(OCC2CC(F)(F)CN2C(=O)OC(C)(C)C)cc1. The summed E-state index contributed by atoms with van der Waals surface area (Å²) >= 11 is 0. The smallest absolute Gasteiger partial charge is 0.410 e. The molecule has 0 aromatic heterocycles. The third kappa shape index (κ3) is 5.31. The Morgan fingerprint density at radius 3 is 2.38 bits per heavy atom. The van der Waals surface area contributed by atoms with E-state index in [4.69, 9.17) is 9.47 Å². The van der Waals surface area contributed by atoms with Crippen molar-refractivity contribution in [2.45, 2.75) is 44.8 Å². The molecule has 2 rings (SSSR count). The summed E-state index contributed by atoms with van der Waals surface area (Å²) in [5, 5.41) is 0. The summed E-state index contributed by atoms with van der Waals surface area (Å²) < 4.78 is 42.9. The van der Waals surface area contributed by atoms with Gasteiger partial charge in [-0.2, -0.15) is 0 Å². The fraction of sp³-hybridized carbons (Fsp3) is 0.556. The van der Waals surface area contributed by atoms with Crippen molar-refractivity contribution in [1.82, 2.24) is 4.90 Å². The first kappa shape index (κ1) is 19.9. The van der Waals surface area contributed by atoms with Crippen LogP contribution in [0, 0.1) is 0 Å². The normalized spacial score (nSPS) is 19.2. The Kier molecular flexibility index (Phi) is 5.73. The summed E-state index contributed by atoms with van der Waals surface area (Å²) in [5.74, 6) is -3.07. The molecule has 0 spiro atoms. The van der Waals surface area contributed by atoms with E-state index in [2.05, 4.69) is 4.74 Å². The van der Waals surface area contributed by atoms with Gasteiger partial charge in [0.05, 0.1) is 25.3 Å². The number of carbonyl (C=O) groups excluding carboxylic acids is 2. The van der Waals surface area contributed by atoms with Crippen LogP contribution in [0.15, 0.2) is 24.3 Å². The number of halogens is 2. The van der Waals surface area contributed by atoms with Crippen molar-refractivity contribution in [3.05, 3.63) is 29.8 Å². The largest absolute Gasteiger partial charge is 0.491 e. The van der Waals surface area contributed by atoms with Crippen LogP contribution in [0.1, 0.15) is 37.6 Å². The number of hydrogen-bond donors (Lipinski definition) is 0. The van der Waals surface area contributed by atoms with Gasteiger partial charge in [-0.05, 0) is 45.0 Å². The Bertz CT molecular complexity index is 655. The first-order chi connectivity index (χ1) is 12.0. The lowest BCUT2D eigenvalue weighted by Crippen LogP contribution is -2.42. The Morgan fingerprint density at radius 2 is 1.85 bits per heavy atom. The predicted octanol–water partition coefficient (Wildman–Crippen LogP) is 3.50. The van der Waals surface area contributed by atoms with Crippen LogP contribution >= 0.6 is 0 Å². The van der Waals surface area contributed by atoms with Crippen LogP contribution in [0.3, 0.4) is 0 Å². The van der Waals surface area contributed by atoms with Gasteiger partial charge in [0.25, 0.3) is 5.92 Å².